The minimum atomic E-state index is -0.186. The quantitative estimate of drug-likeness (QED) is 0.572. The highest BCUT2D eigenvalue weighted by atomic mass is 16.5. The first-order valence-electron chi connectivity index (χ1n) is 4.91. The monoisotopic (exact) mass is 198 g/mol. The van der Waals surface area contributed by atoms with E-state index < -0.39 is 0 Å². The van der Waals surface area contributed by atoms with E-state index in [1.165, 1.54) is 7.11 Å². The molecule has 2 atom stereocenters. The highest BCUT2D eigenvalue weighted by molar-refractivity contribution is 5.87. The number of esters is 1. The molecule has 2 fully saturated rings. The molecule has 1 heterocycles. The van der Waals surface area contributed by atoms with Crippen molar-refractivity contribution < 1.29 is 19.1 Å². The lowest BCUT2D eigenvalue weighted by atomic mass is 9.73. The number of carbonyl (C=O) groups is 2. The van der Waals surface area contributed by atoms with Gasteiger partial charge in [-0.25, -0.2) is 0 Å². The average Bonchev–Trinajstić information content (AvgIpc) is 2.16. The molecule has 2 rings (SSSR count). The Bertz CT molecular complexity index is 245. The van der Waals surface area contributed by atoms with E-state index in [0.29, 0.717) is 26.1 Å². The predicted octanol–water partition coefficient (Wildman–Crippen LogP) is 0.401. The Morgan fingerprint density at radius 2 is 1.93 bits per heavy atom. The number of rotatable bonds is 1. The van der Waals surface area contributed by atoms with Crippen LogP contribution in [0.4, 0.5) is 0 Å². The van der Waals surface area contributed by atoms with Gasteiger partial charge in [0.25, 0.3) is 0 Å². The first kappa shape index (κ1) is 9.65. The number of fused-ring (bicyclic) bond motifs is 2. The van der Waals surface area contributed by atoms with Gasteiger partial charge in [-0.1, -0.05) is 0 Å². The Morgan fingerprint density at radius 1 is 1.36 bits per heavy atom. The Labute approximate surface area is 82.6 Å². The zero-order chi connectivity index (χ0) is 10.1. The van der Waals surface area contributed by atoms with Crippen LogP contribution in [0.2, 0.25) is 0 Å². The lowest BCUT2D eigenvalue weighted by Crippen LogP contribution is -2.44. The molecule has 1 aliphatic carbocycles. The van der Waals surface area contributed by atoms with E-state index in [1.54, 1.807) is 0 Å². The summed E-state index contributed by atoms with van der Waals surface area (Å²) in [5.41, 5.74) is 0. The number of ketones is 1. The van der Waals surface area contributed by atoms with Crippen molar-refractivity contribution in [3.05, 3.63) is 0 Å². The lowest BCUT2D eigenvalue weighted by molar-refractivity contribution is -0.155. The highest BCUT2D eigenvalue weighted by Crippen LogP contribution is 2.34. The Morgan fingerprint density at radius 3 is 2.43 bits per heavy atom. The van der Waals surface area contributed by atoms with Gasteiger partial charge in [0.2, 0.25) is 0 Å². The molecule has 0 N–H and O–H groups in total. The van der Waals surface area contributed by atoms with Crippen molar-refractivity contribution in [2.45, 2.75) is 12.8 Å². The van der Waals surface area contributed by atoms with E-state index in [0.717, 1.165) is 0 Å². The second-order valence-corrected chi connectivity index (χ2v) is 4.03. The minimum absolute atomic E-state index is 0.0772. The zero-order valence-corrected chi connectivity index (χ0v) is 8.19. The number of hydrogen-bond acceptors (Lipinski definition) is 4. The normalized spacial score (nSPS) is 36.6. The van der Waals surface area contributed by atoms with Crippen LogP contribution in [0.3, 0.4) is 0 Å². The van der Waals surface area contributed by atoms with Crippen LogP contribution in [-0.4, -0.2) is 32.1 Å². The second kappa shape index (κ2) is 3.69. The maximum Gasteiger partial charge on any atom is 0.308 e. The maximum atomic E-state index is 11.6. The largest absolute Gasteiger partial charge is 0.469 e. The van der Waals surface area contributed by atoms with Crippen molar-refractivity contribution in [1.29, 1.82) is 0 Å². The van der Waals surface area contributed by atoms with Gasteiger partial charge in [-0.3, -0.25) is 9.59 Å². The van der Waals surface area contributed by atoms with Crippen molar-refractivity contribution >= 4 is 11.8 Å². The summed E-state index contributed by atoms with van der Waals surface area (Å²) < 4.78 is 9.99. The van der Waals surface area contributed by atoms with E-state index in [9.17, 15) is 9.59 Å². The molecule has 0 radical (unpaired) electrons. The Hall–Kier alpha value is -0.900. The van der Waals surface area contributed by atoms with E-state index in [2.05, 4.69) is 0 Å². The fraction of sp³-hybridized carbons (Fsp3) is 0.800. The van der Waals surface area contributed by atoms with E-state index in [4.69, 9.17) is 9.47 Å². The van der Waals surface area contributed by atoms with Gasteiger partial charge in [-0.05, 0) is 12.8 Å². The van der Waals surface area contributed by atoms with Gasteiger partial charge in [-0.2, -0.15) is 0 Å². The first-order chi connectivity index (χ1) is 6.72. The number of ether oxygens (including phenoxy) is 2. The topological polar surface area (TPSA) is 52.6 Å². The first-order valence-corrected chi connectivity index (χ1v) is 4.91. The van der Waals surface area contributed by atoms with Crippen LogP contribution >= 0.6 is 0 Å². The van der Waals surface area contributed by atoms with Crippen LogP contribution in [0.1, 0.15) is 12.8 Å². The van der Waals surface area contributed by atoms with Crippen LogP contribution in [0.25, 0.3) is 0 Å². The molecule has 4 heteroatoms. The molecule has 2 bridgehead atoms. The Kier molecular flexibility index (Phi) is 2.54. The third-order valence-electron chi connectivity index (χ3n) is 3.12. The summed E-state index contributed by atoms with van der Waals surface area (Å²) in [6, 6.07) is 0. The molecule has 1 saturated carbocycles. The molecular weight excluding hydrogens is 184 g/mol. The average molecular weight is 198 g/mol. The summed E-state index contributed by atoms with van der Waals surface area (Å²) in [7, 11) is 1.39. The number of carbonyl (C=O) groups excluding carboxylic acids is 2. The molecule has 4 nitrogen and oxygen atoms in total. The second-order valence-electron chi connectivity index (χ2n) is 4.03. The van der Waals surface area contributed by atoms with Gasteiger partial charge in [0.05, 0.1) is 26.2 Å². The molecule has 0 spiro atoms. The summed E-state index contributed by atoms with van der Waals surface area (Å²) in [6.45, 7) is 0.950. The third kappa shape index (κ3) is 1.54. The van der Waals surface area contributed by atoms with Crippen molar-refractivity contribution in [1.82, 2.24) is 0 Å². The predicted molar refractivity (Wildman–Crippen MR) is 47.5 cm³/mol. The van der Waals surface area contributed by atoms with Crippen molar-refractivity contribution in [2.24, 2.45) is 17.8 Å². The Balaban J connectivity index is 2.07. The van der Waals surface area contributed by atoms with E-state index in [1.807, 2.05) is 0 Å². The van der Waals surface area contributed by atoms with E-state index >= 15 is 0 Å². The van der Waals surface area contributed by atoms with Gasteiger partial charge in [-0.15, -0.1) is 0 Å². The van der Waals surface area contributed by atoms with Gasteiger partial charge >= 0.3 is 5.97 Å². The van der Waals surface area contributed by atoms with Crippen LogP contribution in [0.5, 0.6) is 0 Å². The SMILES string of the molecule is COC(=O)C1CC2COCC(C1)C2=O. The zero-order valence-electron chi connectivity index (χ0n) is 8.19. The van der Waals surface area contributed by atoms with Crippen molar-refractivity contribution in [3.8, 4) is 0 Å². The molecule has 0 aromatic heterocycles. The van der Waals surface area contributed by atoms with Gasteiger partial charge in [0, 0.05) is 11.8 Å². The van der Waals surface area contributed by atoms with Crippen molar-refractivity contribution in [3.63, 3.8) is 0 Å². The third-order valence-corrected chi connectivity index (χ3v) is 3.12. The molecule has 2 unspecified atom stereocenters. The smallest absolute Gasteiger partial charge is 0.308 e. The molecule has 0 amide bonds. The fourth-order valence-corrected chi connectivity index (χ4v) is 2.36. The summed E-state index contributed by atoms with van der Waals surface area (Å²) >= 11 is 0. The number of hydrogen-bond donors (Lipinski definition) is 0. The summed E-state index contributed by atoms with van der Waals surface area (Å²) in [4.78, 5) is 23.0. The van der Waals surface area contributed by atoms with Crippen LogP contribution in [0.15, 0.2) is 0 Å². The fourth-order valence-electron chi connectivity index (χ4n) is 2.36. The van der Waals surface area contributed by atoms with Gasteiger partial charge < -0.3 is 9.47 Å². The molecule has 1 saturated heterocycles. The molecule has 1 aliphatic heterocycles. The molecule has 0 aromatic rings. The maximum absolute atomic E-state index is 11.6. The molecule has 78 valence electrons. The van der Waals surface area contributed by atoms with Crippen LogP contribution in [0, 0.1) is 17.8 Å². The van der Waals surface area contributed by atoms with Crippen LogP contribution in [-0.2, 0) is 19.1 Å². The number of methoxy groups -OCH3 is 1. The summed E-state index contributed by atoms with van der Waals surface area (Å²) in [5.74, 6) is -0.166. The summed E-state index contributed by atoms with van der Waals surface area (Å²) in [5, 5.41) is 0. The van der Waals surface area contributed by atoms with Crippen molar-refractivity contribution in [2.75, 3.05) is 20.3 Å². The van der Waals surface area contributed by atoms with Gasteiger partial charge in [0.1, 0.15) is 5.78 Å². The number of Topliss-reactive ketones (excluding diaryl/α,β-unsaturated/α-hetero) is 1. The van der Waals surface area contributed by atoms with E-state index in [-0.39, 0.29) is 29.5 Å². The molecule has 2 aliphatic rings. The minimum Gasteiger partial charge on any atom is -0.469 e. The van der Waals surface area contributed by atoms with Gasteiger partial charge in [0.15, 0.2) is 0 Å². The summed E-state index contributed by atoms with van der Waals surface area (Å²) in [6.07, 6.45) is 1.20. The molecule has 14 heavy (non-hydrogen) atoms. The molecular formula is C10H14O4. The van der Waals surface area contributed by atoms with Crippen LogP contribution < -0.4 is 0 Å². The lowest BCUT2D eigenvalue weighted by Gasteiger charge is -2.36. The standard InChI is InChI=1S/C10H14O4/c1-13-10(12)6-2-7-4-14-5-8(3-6)9(7)11/h6-8H,2-5H2,1H3. The molecule has 0 aromatic carbocycles. The highest BCUT2D eigenvalue weighted by Gasteiger charge is 2.42.